The molecule has 1 aromatic carbocycles. The molecule has 0 bridgehead atoms. The Balaban J connectivity index is 1.39. The molecule has 3 N–H and O–H groups in total. The van der Waals surface area contributed by atoms with Crippen LogP contribution in [0.5, 0.6) is 0 Å². The predicted octanol–water partition coefficient (Wildman–Crippen LogP) is 1.60. The number of hydrogen-bond acceptors (Lipinski definition) is 8. The first-order valence-electron chi connectivity index (χ1n) is 13.8. The fraction of sp³-hybridized carbons (Fsp3) is 0.464. The molecule has 5 rings (SSSR count). The van der Waals surface area contributed by atoms with Gasteiger partial charge in [0, 0.05) is 36.6 Å². The first-order chi connectivity index (χ1) is 20.3. The maximum Gasteiger partial charge on any atom is 0.330 e. The lowest BCUT2D eigenvalue weighted by molar-refractivity contribution is -0.145. The van der Waals surface area contributed by atoms with Crippen molar-refractivity contribution in [2.24, 2.45) is 18.9 Å². The van der Waals surface area contributed by atoms with Crippen LogP contribution in [0.1, 0.15) is 43.1 Å². The molecule has 1 aliphatic heterocycles. The van der Waals surface area contributed by atoms with E-state index in [9.17, 15) is 32.7 Å². The van der Waals surface area contributed by atoms with Crippen molar-refractivity contribution >= 4 is 49.7 Å². The highest BCUT2D eigenvalue weighted by Gasteiger charge is 2.61. The van der Waals surface area contributed by atoms with Crippen LogP contribution in [-0.4, -0.2) is 82.2 Å². The topological polar surface area (TPSA) is 177 Å². The summed E-state index contributed by atoms with van der Waals surface area (Å²) in [4.78, 5) is 53.8. The number of halogens is 1. The van der Waals surface area contributed by atoms with Gasteiger partial charge in [-0.1, -0.05) is 28.1 Å². The summed E-state index contributed by atoms with van der Waals surface area (Å²) in [5, 5.41) is 19.3. The van der Waals surface area contributed by atoms with Crippen molar-refractivity contribution in [3.8, 4) is 0 Å². The highest BCUT2D eigenvalue weighted by molar-refractivity contribution is 9.10. The van der Waals surface area contributed by atoms with E-state index in [0.717, 1.165) is 0 Å². The molecule has 13 nitrogen and oxygen atoms in total. The van der Waals surface area contributed by atoms with Crippen molar-refractivity contribution in [2.45, 2.75) is 61.2 Å². The Bertz CT molecular complexity index is 1570. The first kappa shape index (κ1) is 30.9. The molecule has 2 aromatic rings. The number of aliphatic carboxylic acids is 1. The van der Waals surface area contributed by atoms with E-state index in [2.05, 4.69) is 31.7 Å². The number of aryl methyl sites for hydroxylation is 1. The molecule has 1 saturated heterocycles. The van der Waals surface area contributed by atoms with E-state index in [1.807, 2.05) is 0 Å². The van der Waals surface area contributed by atoms with Gasteiger partial charge in [-0.05, 0) is 62.4 Å². The van der Waals surface area contributed by atoms with Crippen LogP contribution in [0, 0.1) is 11.8 Å². The second kappa shape index (κ2) is 11.8. The predicted molar refractivity (Wildman–Crippen MR) is 155 cm³/mol. The number of hydrogen-bond donors (Lipinski definition) is 3. The molecule has 1 aromatic heterocycles. The van der Waals surface area contributed by atoms with Crippen LogP contribution in [0.15, 0.2) is 58.0 Å². The summed E-state index contributed by atoms with van der Waals surface area (Å²) in [5.74, 6) is -3.68. The van der Waals surface area contributed by atoms with Gasteiger partial charge in [0.2, 0.25) is 11.8 Å². The molecule has 1 unspecified atom stereocenters. The van der Waals surface area contributed by atoms with Gasteiger partial charge < -0.3 is 20.6 Å². The SMILES string of the molecule is C/C=C\[C@@H]1C[C@]1(NC(=O)C1C[C@H](OS(=O)(=O)c2ccc(Br)cc2)CN1C(=O)[C@@H](NC(=O)c1ccn(C)n1)C1CC1)C(=O)O. The Labute approximate surface area is 256 Å². The number of carbonyl (C=O) groups excluding carboxylic acids is 3. The highest BCUT2D eigenvalue weighted by Crippen LogP contribution is 2.45. The normalized spacial score (nSPS) is 25.8. The summed E-state index contributed by atoms with van der Waals surface area (Å²) in [5.41, 5.74) is -1.41. The molecule has 3 aliphatic rings. The minimum absolute atomic E-state index is 0.100. The summed E-state index contributed by atoms with van der Waals surface area (Å²) in [6.45, 7) is 1.49. The van der Waals surface area contributed by atoms with E-state index in [1.54, 1.807) is 44.5 Å². The zero-order chi connectivity index (χ0) is 31.1. The lowest BCUT2D eigenvalue weighted by atomic mass is 10.1. The number of carboxylic acid groups (broad SMARTS) is 1. The zero-order valence-corrected chi connectivity index (χ0v) is 25.9. The Morgan fingerprint density at radius 3 is 2.47 bits per heavy atom. The minimum atomic E-state index is -4.26. The summed E-state index contributed by atoms with van der Waals surface area (Å²) >= 11 is 3.26. The molecule has 0 spiro atoms. The molecule has 230 valence electrons. The molecule has 0 radical (unpaired) electrons. The smallest absolute Gasteiger partial charge is 0.330 e. The van der Waals surface area contributed by atoms with E-state index in [-0.39, 0.29) is 35.9 Å². The van der Waals surface area contributed by atoms with Gasteiger partial charge in [-0.3, -0.25) is 23.2 Å². The Morgan fingerprint density at radius 2 is 1.88 bits per heavy atom. The highest BCUT2D eigenvalue weighted by atomic mass is 79.9. The van der Waals surface area contributed by atoms with Crippen molar-refractivity contribution in [3.63, 3.8) is 0 Å². The van der Waals surface area contributed by atoms with Crippen LogP contribution in [0.3, 0.4) is 0 Å². The number of likely N-dealkylation sites (tertiary alicyclic amines) is 1. The van der Waals surface area contributed by atoms with Crippen molar-refractivity contribution in [1.29, 1.82) is 0 Å². The van der Waals surface area contributed by atoms with E-state index in [1.165, 1.54) is 27.8 Å². The summed E-state index contributed by atoms with van der Waals surface area (Å²) in [6.07, 6.45) is 5.24. The summed E-state index contributed by atoms with van der Waals surface area (Å²) < 4.78 is 33.7. The van der Waals surface area contributed by atoms with Gasteiger partial charge in [0.1, 0.15) is 23.3 Å². The summed E-state index contributed by atoms with van der Waals surface area (Å²) in [6, 6.07) is 5.11. The van der Waals surface area contributed by atoms with E-state index in [0.29, 0.717) is 17.3 Å². The van der Waals surface area contributed by atoms with Crippen LogP contribution in [0.2, 0.25) is 0 Å². The number of aromatic nitrogens is 2. The van der Waals surface area contributed by atoms with Crippen molar-refractivity contribution in [3.05, 3.63) is 58.8 Å². The lowest BCUT2D eigenvalue weighted by Crippen LogP contribution is -2.56. The molecule has 2 aliphatic carbocycles. The van der Waals surface area contributed by atoms with Crippen LogP contribution in [-0.2, 0) is 35.7 Å². The Hall–Kier alpha value is -3.56. The second-order valence-electron chi connectivity index (χ2n) is 11.1. The molecule has 5 atom stereocenters. The van der Waals surface area contributed by atoms with E-state index < -0.39 is 63.5 Å². The number of nitrogens with zero attached hydrogens (tertiary/aromatic N) is 3. The van der Waals surface area contributed by atoms with Gasteiger partial charge >= 0.3 is 5.97 Å². The zero-order valence-electron chi connectivity index (χ0n) is 23.5. The van der Waals surface area contributed by atoms with E-state index >= 15 is 0 Å². The quantitative estimate of drug-likeness (QED) is 0.235. The maximum absolute atomic E-state index is 14.0. The monoisotopic (exact) mass is 677 g/mol. The van der Waals surface area contributed by atoms with E-state index in [4.69, 9.17) is 4.18 Å². The largest absolute Gasteiger partial charge is 0.479 e. The number of amides is 3. The van der Waals surface area contributed by atoms with Crippen LogP contribution in [0.4, 0.5) is 0 Å². The van der Waals surface area contributed by atoms with Gasteiger partial charge in [0.25, 0.3) is 16.0 Å². The van der Waals surface area contributed by atoms with Gasteiger partial charge in [-0.25, -0.2) is 4.79 Å². The molecule has 3 fully saturated rings. The molecular formula is C28H32BrN5O8S. The van der Waals surface area contributed by atoms with Gasteiger partial charge in [-0.15, -0.1) is 0 Å². The van der Waals surface area contributed by atoms with Crippen LogP contribution >= 0.6 is 15.9 Å². The van der Waals surface area contributed by atoms with Crippen LogP contribution in [0.25, 0.3) is 0 Å². The number of rotatable bonds is 11. The number of nitrogens with one attached hydrogen (secondary N) is 2. The Kier molecular flexibility index (Phi) is 8.51. The fourth-order valence-electron chi connectivity index (χ4n) is 5.43. The number of carboxylic acids is 1. The summed E-state index contributed by atoms with van der Waals surface area (Å²) in [7, 11) is -2.61. The third-order valence-electron chi connectivity index (χ3n) is 7.97. The fourth-order valence-corrected chi connectivity index (χ4v) is 6.78. The molecule has 2 saturated carbocycles. The molecule has 3 amide bonds. The second-order valence-corrected chi connectivity index (χ2v) is 13.6. The van der Waals surface area contributed by atoms with Crippen LogP contribution < -0.4 is 10.6 Å². The van der Waals surface area contributed by atoms with Crippen molar-refractivity contribution in [2.75, 3.05) is 6.54 Å². The number of benzene rings is 1. The molecule has 2 heterocycles. The lowest BCUT2D eigenvalue weighted by Gasteiger charge is -2.29. The van der Waals surface area contributed by atoms with Crippen molar-refractivity contribution in [1.82, 2.24) is 25.3 Å². The number of allylic oxidation sites excluding steroid dienone is 1. The first-order valence-corrected chi connectivity index (χ1v) is 16.0. The van der Waals surface area contributed by atoms with Gasteiger partial charge in [0.05, 0.1) is 11.0 Å². The Morgan fingerprint density at radius 1 is 1.19 bits per heavy atom. The van der Waals surface area contributed by atoms with Gasteiger partial charge in [0.15, 0.2) is 0 Å². The molecule has 43 heavy (non-hydrogen) atoms. The molecular weight excluding hydrogens is 646 g/mol. The van der Waals surface area contributed by atoms with Crippen molar-refractivity contribution < 1.29 is 36.9 Å². The standard InChI is InChI=1S/C28H32BrN5O8S/c1-3-4-17-14-28(17,27(38)39)31-25(36)22-13-19(42-43(40,41)20-9-7-18(29)8-10-20)15-34(22)26(37)23(16-5-6-16)30-24(35)21-11-12-33(2)32-21/h3-4,7-12,16-17,19,22-23H,5-6,13-15H2,1-2H3,(H,30,35)(H,31,36)(H,38,39)/b4-3-/t17-,19+,22?,23+,28-/m1/s1. The minimum Gasteiger partial charge on any atom is -0.479 e. The third kappa shape index (κ3) is 6.53. The van der Waals surface area contributed by atoms with Gasteiger partial charge in [-0.2, -0.15) is 13.5 Å². The third-order valence-corrected chi connectivity index (χ3v) is 9.88. The molecule has 15 heteroatoms. The number of carbonyl (C=O) groups is 4. The average molecular weight is 679 g/mol. The average Bonchev–Trinajstić information content (AvgIpc) is 3.82. The maximum atomic E-state index is 14.0.